The third kappa shape index (κ3) is 9.42. The number of unbranched alkanes of at least 4 members (excludes halogenated alkanes) is 6. The Hall–Kier alpha value is -3.72. The molecule has 9 heteroatoms. The fraction of sp³-hybridized carbons (Fsp3) is 0.312. The first-order chi connectivity index (χ1) is 19.8. The standard InChI is InChI=1S/C23H27F3N2S.C9H7NO2/c24-23(25,26)15-9-5-3-1-2-4-6-11-18-12-7-8-14-20(18)29-21-17-28-19-13-10-16-27-22(19)21;11-9(12)8-5-6-3-1-2-4-7(6)10-8/h7-8,10,12-14,16-17,28H,1-6,9,11,15H2;1-5,10H,(H,11,12). The summed E-state index contributed by atoms with van der Waals surface area (Å²) in [5.74, 6) is -0.925. The predicted octanol–water partition coefficient (Wildman–Crippen LogP) is 9.81. The van der Waals surface area contributed by atoms with Crippen LogP contribution in [-0.2, 0) is 6.42 Å². The lowest BCUT2D eigenvalue weighted by molar-refractivity contribution is -0.135. The summed E-state index contributed by atoms with van der Waals surface area (Å²) in [6.07, 6.45) is 6.37. The van der Waals surface area contributed by atoms with Crippen LogP contribution in [0.25, 0.3) is 21.9 Å². The number of benzene rings is 2. The molecule has 0 amide bonds. The minimum Gasteiger partial charge on any atom is -0.477 e. The second kappa shape index (κ2) is 14.8. The number of carbonyl (C=O) groups is 1. The largest absolute Gasteiger partial charge is 0.477 e. The van der Waals surface area contributed by atoms with Crippen molar-refractivity contribution in [2.75, 3.05) is 0 Å². The van der Waals surface area contributed by atoms with Crippen LogP contribution < -0.4 is 0 Å². The van der Waals surface area contributed by atoms with Gasteiger partial charge in [0, 0.05) is 34.6 Å². The zero-order chi connectivity index (χ0) is 29.1. The van der Waals surface area contributed by atoms with Gasteiger partial charge in [-0.05, 0) is 55.2 Å². The molecule has 5 aromatic rings. The van der Waals surface area contributed by atoms with E-state index in [0.717, 1.165) is 65.4 Å². The van der Waals surface area contributed by atoms with Gasteiger partial charge in [0.15, 0.2) is 0 Å². The number of aryl methyl sites for hydroxylation is 1. The minimum atomic E-state index is -4.01. The number of aromatic nitrogens is 3. The van der Waals surface area contributed by atoms with Crippen LogP contribution in [0.5, 0.6) is 0 Å². The van der Waals surface area contributed by atoms with Gasteiger partial charge in [-0.15, -0.1) is 0 Å². The van der Waals surface area contributed by atoms with Gasteiger partial charge < -0.3 is 15.1 Å². The molecule has 41 heavy (non-hydrogen) atoms. The van der Waals surface area contributed by atoms with E-state index in [0.29, 0.717) is 6.42 Å². The number of pyridine rings is 1. The molecular formula is C32H34F3N3O2S. The molecule has 3 aromatic heterocycles. The number of para-hydroxylation sites is 1. The lowest BCUT2D eigenvalue weighted by Gasteiger charge is -2.09. The van der Waals surface area contributed by atoms with Crippen molar-refractivity contribution in [3.63, 3.8) is 0 Å². The molecule has 0 saturated carbocycles. The van der Waals surface area contributed by atoms with Gasteiger partial charge in [0.05, 0.1) is 10.4 Å². The number of H-pyrrole nitrogens is 2. The summed E-state index contributed by atoms with van der Waals surface area (Å²) in [5, 5.41) is 9.58. The molecule has 0 radical (unpaired) electrons. The predicted molar refractivity (Wildman–Crippen MR) is 159 cm³/mol. The summed E-state index contributed by atoms with van der Waals surface area (Å²) in [7, 11) is 0. The van der Waals surface area contributed by atoms with Gasteiger partial charge >= 0.3 is 12.1 Å². The van der Waals surface area contributed by atoms with Crippen molar-refractivity contribution in [3.8, 4) is 0 Å². The molecule has 0 unspecified atom stereocenters. The fourth-order valence-electron chi connectivity index (χ4n) is 4.65. The Morgan fingerprint density at radius 1 is 0.829 bits per heavy atom. The first kappa shape index (κ1) is 30.2. The number of halogens is 3. The van der Waals surface area contributed by atoms with Gasteiger partial charge in [-0.3, -0.25) is 4.98 Å². The Kier molecular flexibility index (Phi) is 10.9. The number of aromatic amines is 2. The van der Waals surface area contributed by atoms with E-state index in [2.05, 4.69) is 39.2 Å². The maximum Gasteiger partial charge on any atom is 0.389 e. The molecule has 0 aliphatic heterocycles. The Labute approximate surface area is 241 Å². The Balaban J connectivity index is 0.000000267. The highest BCUT2D eigenvalue weighted by molar-refractivity contribution is 7.99. The van der Waals surface area contributed by atoms with Crippen molar-refractivity contribution in [2.24, 2.45) is 0 Å². The van der Waals surface area contributed by atoms with E-state index in [4.69, 9.17) is 5.11 Å². The molecule has 0 atom stereocenters. The lowest BCUT2D eigenvalue weighted by atomic mass is 10.0. The van der Waals surface area contributed by atoms with E-state index < -0.39 is 18.6 Å². The highest BCUT2D eigenvalue weighted by Crippen LogP contribution is 2.35. The van der Waals surface area contributed by atoms with E-state index in [1.165, 1.54) is 10.5 Å². The van der Waals surface area contributed by atoms with Gasteiger partial charge in [-0.2, -0.15) is 13.2 Å². The molecule has 5 nitrogen and oxygen atoms in total. The quantitative estimate of drug-likeness (QED) is 0.128. The van der Waals surface area contributed by atoms with Crippen molar-refractivity contribution < 1.29 is 23.1 Å². The van der Waals surface area contributed by atoms with Crippen LogP contribution in [0.15, 0.2) is 88.9 Å². The van der Waals surface area contributed by atoms with Gasteiger partial charge in [-0.25, -0.2) is 4.79 Å². The van der Waals surface area contributed by atoms with E-state index in [1.807, 2.05) is 48.8 Å². The number of carboxylic acids is 1. The van der Waals surface area contributed by atoms with Crippen molar-refractivity contribution in [1.29, 1.82) is 0 Å². The normalized spacial score (nSPS) is 11.5. The number of nitrogens with zero attached hydrogens (tertiary/aromatic N) is 1. The van der Waals surface area contributed by atoms with E-state index in [-0.39, 0.29) is 12.1 Å². The summed E-state index contributed by atoms with van der Waals surface area (Å²) in [4.78, 5) is 23.5. The zero-order valence-electron chi connectivity index (χ0n) is 22.7. The molecule has 3 heterocycles. The van der Waals surface area contributed by atoms with Crippen LogP contribution in [-0.4, -0.2) is 32.2 Å². The van der Waals surface area contributed by atoms with Crippen LogP contribution in [0.4, 0.5) is 13.2 Å². The molecule has 0 aliphatic rings. The number of nitrogens with one attached hydrogen (secondary N) is 2. The Morgan fingerprint density at radius 3 is 2.27 bits per heavy atom. The molecule has 2 aromatic carbocycles. The number of hydrogen-bond acceptors (Lipinski definition) is 3. The number of rotatable bonds is 12. The van der Waals surface area contributed by atoms with Crippen LogP contribution in [0, 0.1) is 0 Å². The van der Waals surface area contributed by atoms with Crippen LogP contribution in [0.2, 0.25) is 0 Å². The number of fused-ring (bicyclic) bond motifs is 2. The van der Waals surface area contributed by atoms with Crippen LogP contribution in [0.1, 0.15) is 67.4 Å². The highest BCUT2D eigenvalue weighted by atomic mass is 32.2. The van der Waals surface area contributed by atoms with Crippen LogP contribution in [0.3, 0.4) is 0 Å². The molecule has 0 bridgehead atoms. The zero-order valence-corrected chi connectivity index (χ0v) is 23.5. The molecule has 0 saturated heterocycles. The lowest BCUT2D eigenvalue weighted by Crippen LogP contribution is -2.06. The Bertz CT molecular complexity index is 1510. The average molecular weight is 582 g/mol. The molecule has 216 valence electrons. The highest BCUT2D eigenvalue weighted by Gasteiger charge is 2.25. The molecule has 0 fully saturated rings. The topological polar surface area (TPSA) is 81.8 Å². The van der Waals surface area contributed by atoms with Crippen molar-refractivity contribution >= 4 is 39.7 Å². The molecule has 0 spiro atoms. The van der Waals surface area contributed by atoms with Crippen LogP contribution >= 0.6 is 11.8 Å². The maximum absolute atomic E-state index is 12.1. The molecule has 5 rings (SSSR count). The molecular weight excluding hydrogens is 547 g/mol. The number of aromatic carboxylic acids is 1. The summed E-state index contributed by atoms with van der Waals surface area (Å²) in [5.41, 5.74) is 4.47. The monoisotopic (exact) mass is 581 g/mol. The number of hydrogen-bond donors (Lipinski definition) is 3. The second-order valence-electron chi connectivity index (χ2n) is 9.93. The van der Waals surface area contributed by atoms with Crippen molar-refractivity contribution in [1.82, 2.24) is 15.0 Å². The first-order valence-electron chi connectivity index (χ1n) is 13.9. The summed E-state index contributed by atoms with van der Waals surface area (Å²) in [6.45, 7) is 0. The van der Waals surface area contributed by atoms with Gasteiger partial charge in [0.1, 0.15) is 11.2 Å². The number of carboxylic acid groups (broad SMARTS) is 1. The summed E-state index contributed by atoms with van der Waals surface area (Å²) in [6, 6.07) is 21.5. The van der Waals surface area contributed by atoms with E-state index in [9.17, 15) is 18.0 Å². The van der Waals surface area contributed by atoms with Gasteiger partial charge in [0.2, 0.25) is 0 Å². The van der Waals surface area contributed by atoms with Crippen molar-refractivity contribution in [3.05, 3.63) is 90.4 Å². The first-order valence-corrected chi connectivity index (χ1v) is 14.7. The smallest absolute Gasteiger partial charge is 0.389 e. The number of alkyl halides is 3. The van der Waals surface area contributed by atoms with E-state index >= 15 is 0 Å². The molecule has 3 N–H and O–H groups in total. The third-order valence-electron chi connectivity index (χ3n) is 6.76. The second-order valence-corrected chi connectivity index (χ2v) is 11.0. The Morgan fingerprint density at radius 2 is 1.51 bits per heavy atom. The van der Waals surface area contributed by atoms with Crippen molar-refractivity contribution in [2.45, 2.75) is 73.8 Å². The molecule has 0 aliphatic carbocycles. The summed E-state index contributed by atoms with van der Waals surface area (Å²) < 4.78 is 36.3. The minimum absolute atomic E-state index is 0.233. The average Bonchev–Trinajstić information content (AvgIpc) is 3.58. The van der Waals surface area contributed by atoms with Gasteiger partial charge in [-0.1, -0.05) is 80.3 Å². The van der Waals surface area contributed by atoms with Gasteiger partial charge in [0.25, 0.3) is 0 Å². The third-order valence-corrected chi connectivity index (χ3v) is 7.91. The SMILES string of the molecule is FC(F)(F)CCCCCCCCCc1ccccc1Sc1c[nH]c2cccnc12.O=C(O)c1cc2ccccc2[nH]1. The van der Waals surface area contributed by atoms with E-state index in [1.54, 1.807) is 17.8 Å². The maximum atomic E-state index is 12.1. The summed E-state index contributed by atoms with van der Waals surface area (Å²) >= 11 is 1.74. The fourth-order valence-corrected chi connectivity index (χ4v) is 5.71.